The van der Waals surface area contributed by atoms with Gasteiger partial charge < -0.3 is 10.1 Å². The minimum Gasteiger partial charge on any atom is -0.482 e. The maximum atomic E-state index is 12.6. The van der Waals surface area contributed by atoms with Crippen LogP contribution < -0.4 is 14.8 Å². The maximum Gasteiger partial charge on any atom is 0.262 e. The molecule has 0 aliphatic carbocycles. The van der Waals surface area contributed by atoms with E-state index in [2.05, 4.69) is 26.0 Å². The van der Waals surface area contributed by atoms with Gasteiger partial charge in [0.15, 0.2) is 6.61 Å². The number of carbonyl (C=O) groups excluding carboxylic acids is 1. The van der Waals surface area contributed by atoms with Crippen LogP contribution in [-0.2, 0) is 21.4 Å². The van der Waals surface area contributed by atoms with Crippen molar-refractivity contribution in [1.29, 1.82) is 0 Å². The van der Waals surface area contributed by atoms with Crippen molar-refractivity contribution in [3.63, 3.8) is 0 Å². The normalized spacial score (nSPS) is 13.8. The third-order valence-corrected chi connectivity index (χ3v) is 5.65. The van der Waals surface area contributed by atoms with Gasteiger partial charge in [-0.2, -0.15) is 0 Å². The summed E-state index contributed by atoms with van der Waals surface area (Å²) in [6.45, 7) is 1.74. The van der Waals surface area contributed by atoms with Crippen LogP contribution in [0.2, 0.25) is 0 Å². The number of ether oxygens (including phenoxy) is 1. The molecule has 0 atom stereocenters. The van der Waals surface area contributed by atoms with E-state index in [-0.39, 0.29) is 24.0 Å². The lowest BCUT2D eigenvalue weighted by Gasteiger charge is -2.20. The van der Waals surface area contributed by atoms with Gasteiger partial charge in [-0.1, -0.05) is 28.1 Å². The third-order valence-electron chi connectivity index (χ3n) is 3.58. The molecule has 0 fully saturated rings. The molecule has 8 heteroatoms. The van der Waals surface area contributed by atoms with Gasteiger partial charge in [0, 0.05) is 17.1 Å². The highest BCUT2D eigenvalue weighted by Crippen LogP contribution is 2.32. The Kier molecular flexibility index (Phi) is 4.62. The second-order valence-corrected chi connectivity index (χ2v) is 8.05. The summed E-state index contributed by atoms with van der Waals surface area (Å²) in [7, 11) is -3.70. The van der Waals surface area contributed by atoms with E-state index in [0.717, 1.165) is 10.0 Å². The van der Waals surface area contributed by atoms with Crippen LogP contribution in [-0.4, -0.2) is 20.9 Å². The number of anilines is 1. The average molecular weight is 411 g/mol. The van der Waals surface area contributed by atoms with Gasteiger partial charge in [-0.15, -0.1) is 0 Å². The topological polar surface area (TPSA) is 84.5 Å². The van der Waals surface area contributed by atoms with E-state index in [0.29, 0.717) is 17.0 Å². The molecule has 0 spiro atoms. The summed E-state index contributed by atoms with van der Waals surface area (Å²) >= 11 is 3.34. The summed E-state index contributed by atoms with van der Waals surface area (Å²) in [6.07, 6.45) is 0. The summed E-state index contributed by atoms with van der Waals surface area (Å²) < 4.78 is 34.0. The molecule has 0 radical (unpaired) electrons. The first-order valence-electron chi connectivity index (χ1n) is 7.16. The van der Waals surface area contributed by atoms with Gasteiger partial charge in [0.2, 0.25) is 10.0 Å². The van der Waals surface area contributed by atoms with Crippen LogP contribution in [0.15, 0.2) is 45.8 Å². The quantitative estimate of drug-likeness (QED) is 0.810. The second-order valence-electron chi connectivity index (χ2n) is 5.40. The standard InChI is InChI=1S/C16H15BrN2O4S/c1-10-6-13-14(23-9-16(20)19-13)7-15(10)24(21,22)18-8-11-2-4-12(17)5-3-11/h2-7,18H,8-9H2,1H3,(H,19,20). The van der Waals surface area contributed by atoms with Crippen LogP contribution in [0.1, 0.15) is 11.1 Å². The van der Waals surface area contributed by atoms with Crippen molar-refractivity contribution in [3.05, 3.63) is 52.0 Å². The number of nitrogens with one attached hydrogen (secondary N) is 2. The van der Waals surface area contributed by atoms with Crippen molar-refractivity contribution in [2.24, 2.45) is 0 Å². The molecule has 2 aromatic carbocycles. The Balaban J connectivity index is 1.84. The van der Waals surface area contributed by atoms with E-state index in [9.17, 15) is 13.2 Å². The maximum absolute atomic E-state index is 12.6. The molecule has 0 aromatic heterocycles. The van der Waals surface area contributed by atoms with Crippen molar-refractivity contribution in [1.82, 2.24) is 4.72 Å². The second kappa shape index (κ2) is 6.54. The van der Waals surface area contributed by atoms with E-state index in [1.807, 2.05) is 24.3 Å². The number of hydrogen-bond donors (Lipinski definition) is 2. The summed E-state index contributed by atoms with van der Waals surface area (Å²) in [5.74, 6) is 0.0927. The summed E-state index contributed by atoms with van der Waals surface area (Å²) in [5.41, 5.74) is 1.86. The molecule has 0 saturated heterocycles. The van der Waals surface area contributed by atoms with E-state index in [4.69, 9.17) is 4.74 Å². The fourth-order valence-electron chi connectivity index (χ4n) is 2.36. The van der Waals surface area contributed by atoms with Gasteiger partial charge in [-0.25, -0.2) is 13.1 Å². The molecule has 1 heterocycles. The largest absolute Gasteiger partial charge is 0.482 e. The molecule has 2 N–H and O–H groups in total. The number of aryl methyl sites for hydroxylation is 1. The van der Waals surface area contributed by atoms with Crippen molar-refractivity contribution in [2.45, 2.75) is 18.4 Å². The first kappa shape index (κ1) is 16.9. The van der Waals surface area contributed by atoms with E-state index in [1.165, 1.54) is 6.07 Å². The van der Waals surface area contributed by atoms with Crippen LogP contribution in [0.5, 0.6) is 5.75 Å². The van der Waals surface area contributed by atoms with E-state index < -0.39 is 10.0 Å². The molecule has 24 heavy (non-hydrogen) atoms. The Bertz CT molecular complexity index is 895. The minimum absolute atomic E-state index is 0.123. The van der Waals surface area contributed by atoms with E-state index >= 15 is 0 Å². The number of sulfonamides is 1. The molecule has 1 aliphatic rings. The van der Waals surface area contributed by atoms with Gasteiger partial charge in [-0.3, -0.25) is 4.79 Å². The van der Waals surface area contributed by atoms with Crippen molar-refractivity contribution >= 4 is 37.5 Å². The Morgan fingerprint density at radius 3 is 2.67 bits per heavy atom. The lowest BCUT2D eigenvalue weighted by molar-refractivity contribution is -0.118. The fourth-order valence-corrected chi connectivity index (χ4v) is 3.89. The van der Waals surface area contributed by atoms with Gasteiger partial charge in [0.05, 0.1) is 10.6 Å². The number of halogens is 1. The van der Waals surface area contributed by atoms with Gasteiger partial charge >= 0.3 is 0 Å². The van der Waals surface area contributed by atoms with Crippen LogP contribution >= 0.6 is 15.9 Å². The molecule has 1 amide bonds. The Hall–Kier alpha value is -1.90. The number of fused-ring (bicyclic) bond motifs is 1. The van der Waals surface area contributed by atoms with Gasteiger partial charge in [0.1, 0.15) is 5.75 Å². The Morgan fingerprint density at radius 1 is 1.25 bits per heavy atom. The first-order valence-corrected chi connectivity index (χ1v) is 9.44. The van der Waals surface area contributed by atoms with Crippen LogP contribution in [0.4, 0.5) is 5.69 Å². The summed E-state index contributed by atoms with van der Waals surface area (Å²) in [5, 5.41) is 2.66. The predicted molar refractivity (Wildman–Crippen MR) is 93.5 cm³/mol. The SMILES string of the molecule is Cc1cc2c(cc1S(=O)(=O)NCc1ccc(Br)cc1)OCC(=O)N2. The van der Waals surface area contributed by atoms with Crippen LogP contribution in [0.25, 0.3) is 0 Å². The third kappa shape index (κ3) is 3.61. The molecular weight excluding hydrogens is 396 g/mol. The molecule has 0 bridgehead atoms. The van der Waals surface area contributed by atoms with Crippen molar-refractivity contribution in [3.8, 4) is 5.75 Å². The molecule has 2 aromatic rings. The molecule has 126 valence electrons. The number of benzene rings is 2. The lowest BCUT2D eigenvalue weighted by atomic mass is 10.2. The highest BCUT2D eigenvalue weighted by atomic mass is 79.9. The fraction of sp³-hybridized carbons (Fsp3) is 0.188. The minimum atomic E-state index is -3.70. The van der Waals surface area contributed by atoms with Crippen LogP contribution in [0, 0.1) is 6.92 Å². The zero-order chi connectivity index (χ0) is 17.3. The number of rotatable bonds is 4. The molecule has 6 nitrogen and oxygen atoms in total. The zero-order valence-electron chi connectivity index (χ0n) is 12.8. The Labute approximate surface area is 148 Å². The lowest BCUT2D eigenvalue weighted by Crippen LogP contribution is -2.27. The highest BCUT2D eigenvalue weighted by molar-refractivity contribution is 9.10. The van der Waals surface area contributed by atoms with Gasteiger partial charge in [0.25, 0.3) is 5.91 Å². The summed E-state index contributed by atoms with van der Waals surface area (Å²) in [6, 6.07) is 10.4. The molecule has 3 rings (SSSR count). The molecular formula is C16H15BrN2O4S. The molecule has 0 saturated carbocycles. The smallest absolute Gasteiger partial charge is 0.262 e. The van der Waals surface area contributed by atoms with Gasteiger partial charge in [-0.05, 0) is 36.2 Å². The Morgan fingerprint density at radius 2 is 1.96 bits per heavy atom. The molecule has 0 unspecified atom stereocenters. The number of carbonyl (C=O) groups is 1. The number of hydrogen-bond acceptors (Lipinski definition) is 4. The highest BCUT2D eigenvalue weighted by Gasteiger charge is 2.23. The zero-order valence-corrected chi connectivity index (χ0v) is 15.2. The van der Waals surface area contributed by atoms with Crippen molar-refractivity contribution in [2.75, 3.05) is 11.9 Å². The van der Waals surface area contributed by atoms with E-state index in [1.54, 1.807) is 13.0 Å². The predicted octanol–water partition coefficient (Wildman–Crippen LogP) is 2.57. The average Bonchev–Trinajstić information content (AvgIpc) is 2.53. The first-order chi connectivity index (χ1) is 11.3. The van der Waals surface area contributed by atoms with Crippen molar-refractivity contribution < 1.29 is 17.9 Å². The summed E-state index contributed by atoms with van der Waals surface area (Å²) in [4.78, 5) is 11.5. The molecule has 1 aliphatic heterocycles. The number of amides is 1. The van der Waals surface area contributed by atoms with Crippen LogP contribution in [0.3, 0.4) is 0 Å². The monoisotopic (exact) mass is 410 g/mol.